The molecule has 1 atom stereocenters. The molecule has 106 valence electrons. The van der Waals surface area contributed by atoms with E-state index in [9.17, 15) is 4.79 Å². The van der Waals surface area contributed by atoms with E-state index in [1.54, 1.807) is 7.11 Å². The first kappa shape index (κ1) is 15.3. The molecule has 0 aromatic heterocycles. The van der Waals surface area contributed by atoms with E-state index in [2.05, 4.69) is 26.1 Å². The van der Waals surface area contributed by atoms with Crippen LogP contribution in [-0.4, -0.2) is 30.8 Å². The SMILES string of the molecule is COc1ccc(NCC(N)C(=O)O)cc1C(C)(C)C. The summed E-state index contributed by atoms with van der Waals surface area (Å²) in [6.07, 6.45) is 0. The number of nitrogens with two attached hydrogens (primary N) is 1. The number of hydrogen-bond acceptors (Lipinski definition) is 4. The molecule has 0 aliphatic carbocycles. The van der Waals surface area contributed by atoms with Gasteiger partial charge in [-0.05, 0) is 23.6 Å². The van der Waals surface area contributed by atoms with Gasteiger partial charge in [-0.25, -0.2) is 0 Å². The number of carbonyl (C=O) groups is 1. The molecule has 1 aromatic carbocycles. The molecule has 0 saturated carbocycles. The van der Waals surface area contributed by atoms with Crippen molar-refractivity contribution in [1.29, 1.82) is 0 Å². The quantitative estimate of drug-likeness (QED) is 0.757. The lowest BCUT2D eigenvalue weighted by atomic mass is 9.86. The Bertz CT molecular complexity index is 452. The van der Waals surface area contributed by atoms with Crippen LogP contribution in [0, 0.1) is 0 Å². The number of nitrogens with one attached hydrogen (secondary N) is 1. The zero-order valence-electron chi connectivity index (χ0n) is 11.9. The van der Waals surface area contributed by atoms with Gasteiger partial charge in [-0.1, -0.05) is 20.8 Å². The highest BCUT2D eigenvalue weighted by molar-refractivity contribution is 5.74. The summed E-state index contributed by atoms with van der Waals surface area (Å²) in [5, 5.41) is 11.8. The highest BCUT2D eigenvalue weighted by Gasteiger charge is 2.19. The number of anilines is 1. The maximum Gasteiger partial charge on any atom is 0.322 e. The van der Waals surface area contributed by atoms with Crippen molar-refractivity contribution in [3.8, 4) is 5.75 Å². The fourth-order valence-electron chi connectivity index (χ4n) is 1.72. The van der Waals surface area contributed by atoms with Gasteiger partial charge >= 0.3 is 5.97 Å². The summed E-state index contributed by atoms with van der Waals surface area (Å²) >= 11 is 0. The molecule has 4 N–H and O–H groups in total. The zero-order valence-corrected chi connectivity index (χ0v) is 11.9. The molecule has 0 bridgehead atoms. The van der Waals surface area contributed by atoms with Gasteiger partial charge in [-0.3, -0.25) is 4.79 Å². The maximum atomic E-state index is 10.7. The summed E-state index contributed by atoms with van der Waals surface area (Å²) in [6.45, 7) is 6.47. The van der Waals surface area contributed by atoms with Gasteiger partial charge in [0.2, 0.25) is 0 Å². The van der Waals surface area contributed by atoms with E-state index in [1.165, 1.54) is 0 Å². The van der Waals surface area contributed by atoms with Crippen LogP contribution < -0.4 is 15.8 Å². The second-order valence-corrected chi connectivity index (χ2v) is 5.49. The standard InChI is InChI=1S/C14H22N2O3/c1-14(2,3)10-7-9(5-6-12(10)19-4)16-8-11(15)13(17)18/h5-7,11,16H,8,15H2,1-4H3,(H,17,18). The molecule has 0 saturated heterocycles. The van der Waals surface area contributed by atoms with E-state index >= 15 is 0 Å². The van der Waals surface area contributed by atoms with E-state index in [-0.39, 0.29) is 12.0 Å². The summed E-state index contributed by atoms with van der Waals surface area (Å²) in [5.41, 5.74) is 7.29. The number of carboxylic acids is 1. The highest BCUT2D eigenvalue weighted by atomic mass is 16.5. The average Bonchev–Trinajstić information content (AvgIpc) is 2.34. The Kier molecular flexibility index (Phi) is 4.78. The smallest absolute Gasteiger partial charge is 0.322 e. The number of rotatable bonds is 5. The van der Waals surface area contributed by atoms with E-state index in [0.29, 0.717) is 0 Å². The van der Waals surface area contributed by atoms with E-state index in [0.717, 1.165) is 17.0 Å². The lowest BCUT2D eigenvalue weighted by molar-refractivity contribution is -0.138. The number of aliphatic carboxylic acids is 1. The van der Waals surface area contributed by atoms with Gasteiger partial charge in [-0.15, -0.1) is 0 Å². The fraction of sp³-hybridized carbons (Fsp3) is 0.500. The van der Waals surface area contributed by atoms with Crippen LogP contribution >= 0.6 is 0 Å². The summed E-state index contributed by atoms with van der Waals surface area (Å²) in [4.78, 5) is 10.7. The molecule has 5 heteroatoms. The molecule has 19 heavy (non-hydrogen) atoms. The Morgan fingerprint density at radius 1 is 1.47 bits per heavy atom. The minimum atomic E-state index is -1.02. The van der Waals surface area contributed by atoms with Gasteiger partial charge in [0.05, 0.1) is 7.11 Å². The Hall–Kier alpha value is -1.75. The minimum absolute atomic E-state index is 0.0576. The first-order chi connectivity index (χ1) is 8.75. The summed E-state index contributed by atoms with van der Waals surface area (Å²) in [6, 6.07) is 4.77. The number of ether oxygens (including phenoxy) is 1. The van der Waals surface area contributed by atoms with Crippen molar-refractivity contribution >= 4 is 11.7 Å². The number of methoxy groups -OCH3 is 1. The number of benzene rings is 1. The number of hydrogen-bond donors (Lipinski definition) is 3. The third-order valence-electron chi connectivity index (χ3n) is 2.85. The van der Waals surface area contributed by atoms with Crippen LogP contribution in [0.3, 0.4) is 0 Å². The molecule has 0 amide bonds. The molecule has 1 unspecified atom stereocenters. The summed E-state index contributed by atoms with van der Waals surface area (Å²) < 4.78 is 5.34. The monoisotopic (exact) mass is 266 g/mol. The Balaban J connectivity index is 2.90. The van der Waals surface area contributed by atoms with Gasteiger partial charge < -0.3 is 20.9 Å². The number of carboxylic acid groups (broad SMARTS) is 1. The van der Waals surface area contributed by atoms with Crippen molar-refractivity contribution in [2.75, 3.05) is 19.0 Å². The van der Waals surface area contributed by atoms with Crippen LogP contribution in [0.4, 0.5) is 5.69 Å². The van der Waals surface area contributed by atoms with Crippen LogP contribution in [0.25, 0.3) is 0 Å². The maximum absolute atomic E-state index is 10.7. The van der Waals surface area contributed by atoms with Crippen LogP contribution in [0.15, 0.2) is 18.2 Å². The molecule has 1 aromatic rings. The van der Waals surface area contributed by atoms with Crippen molar-refractivity contribution in [2.45, 2.75) is 32.2 Å². The summed E-state index contributed by atoms with van der Waals surface area (Å²) in [7, 11) is 1.64. The zero-order chi connectivity index (χ0) is 14.6. The predicted molar refractivity (Wildman–Crippen MR) is 75.8 cm³/mol. The van der Waals surface area contributed by atoms with Gasteiger partial charge in [-0.2, -0.15) is 0 Å². The van der Waals surface area contributed by atoms with Gasteiger partial charge in [0.1, 0.15) is 11.8 Å². The fourth-order valence-corrected chi connectivity index (χ4v) is 1.72. The molecule has 5 nitrogen and oxygen atoms in total. The van der Waals surface area contributed by atoms with Crippen molar-refractivity contribution in [3.63, 3.8) is 0 Å². The summed E-state index contributed by atoms with van der Waals surface area (Å²) in [5.74, 6) is -0.197. The Labute approximate surface area is 113 Å². The predicted octanol–water partition coefficient (Wildman–Crippen LogP) is 1.82. The molecular formula is C14H22N2O3. The molecule has 0 radical (unpaired) electrons. The Morgan fingerprint density at radius 3 is 2.58 bits per heavy atom. The highest BCUT2D eigenvalue weighted by Crippen LogP contribution is 2.33. The van der Waals surface area contributed by atoms with Crippen LogP contribution in [-0.2, 0) is 10.2 Å². The topological polar surface area (TPSA) is 84.6 Å². The van der Waals surface area contributed by atoms with Gasteiger partial charge in [0.15, 0.2) is 0 Å². The van der Waals surface area contributed by atoms with Crippen LogP contribution in [0.2, 0.25) is 0 Å². The van der Waals surface area contributed by atoms with Crippen molar-refractivity contribution in [2.24, 2.45) is 5.73 Å². The minimum Gasteiger partial charge on any atom is -0.496 e. The van der Waals surface area contributed by atoms with Crippen molar-refractivity contribution in [1.82, 2.24) is 0 Å². The van der Waals surface area contributed by atoms with Gasteiger partial charge in [0.25, 0.3) is 0 Å². The largest absolute Gasteiger partial charge is 0.496 e. The molecular weight excluding hydrogens is 244 g/mol. The first-order valence-electron chi connectivity index (χ1n) is 6.16. The molecule has 0 aliphatic rings. The lowest BCUT2D eigenvalue weighted by Gasteiger charge is -2.23. The van der Waals surface area contributed by atoms with Crippen molar-refractivity contribution < 1.29 is 14.6 Å². The third kappa shape index (κ3) is 4.13. The molecule has 0 aliphatic heterocycles. The van der Waals surface area contributed by atoms with Crippen molar-refractivity contribution in [3.05, 3.63) is 23.8 Å². The second-order valence-electron chi connectivity index (χ2n) is 5.49. The van der Waals surface area contributed by atoms with Gasteiger partial charge in [0, 0.05) is 17.8 Å². The Morgan fingerprint density at radius 2 is 2.11 bits per heavy atom. The molecule has 1 rings (SSSR count). The van der Waals surface area contributed by atoms with E-state index in [4.69, 9.17) is 15.6 Å². The average molecular weight is 266 g/mol. The van der Waals surface area contributed by atoms with Crippen LogP contribution in [0.5, 0.6) is 5.75 Å². The lowest BCUT2D eigenvalue weighted by Crippen LogP contribution is -2.36. The second kappa shape index (κ2) is 5.93. The molecule has 0 heterocycles. The molecule has 0 spiro atoms. The molecule has 0 fully saturated rings. The van der Waals surface area contributed by atoms with E-state index in [1.807, 2.05) is 18.2 Å². The van der Waals surface area contributed by atoms with Crippen LogP contribution in [0.1, 0.15) is 26.3 Å². The normalized spacial score (nSPS) is 12.9. The first-order valence-corrected chi connectivity index (χ1v) is 6.16. The van der Waals surface area contributed by atoms with E-state index < -0.39 is 12.0 Å². The third-order valence-corrected chi connectivity index (χ3v) is 2.85.